The van der Waals surface area contributed by atoms with Gasteiger partial charge in [-0.15, -0.1) is 0 Å². The van der Waals surface area contributed by atoms with E-state index in [0.29, 0.717) is 17.2 Å². The number of carbonyl (C=O) groups is 1. The van der Waals surface area contributed by atoms with Crippen LogP contribution < -0.4 is 9.47 Å². The zero-order valence-corrected chi connectivity index (χ0v) is 13.3. The summed E-state index contributed by atoms with van der Waals surface area (Å²) in [7, 11) is 1.70. The molecule has 1 aliphatic heterocycles. The molecule has 0 saturated heterocycles. The Kier molecular flexibility index (Phi) is 2.98. The molecule has 7 heteroatoms. The number of hydrogen-bond acceptors (Lipinski definition) is 4. The van der Waals surface area contributed by atoms with Crippen LogP contribution in [0.2, 0.25) is 0 Å². The van der Waals surface area contributed by atoms with E-state index in [9.17, 15) is 4.79 Å². The van der Waals surface area contributed by atoms with E-state index >= 15 is 0 Å². The number of benzene rings is 1. The van der Waals surface area contributed by atoms with Crippen LogP contribution in [0.5, 0.6) is 11.5 Å². The summed E-state index contributed by atoms with van der Waals surface area (Å²) < 4.78 is 13.7. The highest BCUT2D eigenvalue weighted by atomic mass is 79.9. The third kappa shape index (κ3) is 2.37. The van der Waals surface area contributed by atoms with Gasteiger partial charge in [0.05, 0.1) is 5.69 Å². The van der Waals surface area contributed by atoms with E-state index in [1.165, 1.54) is 10.7 Å². The van der Waals surface area contributed by atoms with Gasteiger partial charge in [0.2, 0.25) is 5.79 Å². The number of rotatable bonds is 2. The van der Waals surface area contributed by atoms with Crippen molar-refractivity contribution in [3.63, 3.8) is 0 Å². The molecule has 0 saturated carbocycles. The van der Waals surface area contributed by atoms with Crippen molar-refractivity contribution in [1.29, 1.82) is 0 Å². The molecule has 0 spiro atoms. The first-order valence-electron chi connectivity index (χ1n) is 6.26. The molecule has 0 radical (unpaired) electrons. The Morgan fingerprint density at radius 1 is 1.29 bits per heavy atom. The molecule has 2 aromatic rings. The molecule has 0 aliphatic carbocycles. The molecule has 0 fully saturated rings. The van der Waals surface area contributed by atoms with Crippen molar-refractivity contribution in [3.05, 3.63) is 28.4 Å². The van der Waals surface area contributed by atoms with Gasteiger partial charge in [0.25, 0.3) is 0 Å². The minimum absolute atomic E-state index is 0.00241. The van der Waals surface area contributed by atoms with E-state index in [-0.39, 0.29) is 5.69 Å². The number of ether oxygens (including phenoxy) is 2. The second-order valence-electron chi connectivity index (χ2n) is 5.23. The van der Waals surface area contributed by atoms with Crippen LogP contribution in [0, 0.1) is 0 Å². The summed E-state index contributed by atoms with van der Waals surface area (Å²) in [5, 5.41) is 13.0. The summed E-state index contributed by atoms with van der Waals surface area (Å²) in [4.78, 5) is 11.0. The topological polar surface area (TPSA) is 73.6 Å². The van der Waals surface area contributed by atoms with E-state index in [1.807, 2.05) is 26.0 Å². The van der Waals surface area contributed by atoms with Crippen molar-refractivity contribution in [3.8, 4) is 22.8 Å². The van der Waals surface area contributed by atoms with Gasteiger partial charge in [-0.2, -0.15) is 5.10 Å². The maximum Gasteiger partial charge on any atom is 0.356 e. The SMILES string of the molecule is Cn1nc(C(=O)O)cc1-c1cc2c(cc1Br)OC(C)(C)O2. The van der Waals surface area contributed by atoms with Crippen molar-refractivity contribution in [1.82, 2.24) is 9.78 Å². The van der Waals surface area contributed by atoms with Crippen molar-refractivity contribution in [2.45, 2.75) is 19.6 Å². The van der Waals surface area contributed by atoms with E-state index in [0.717, 1.165) is 10.0 Å². The molecule has 3 rings (SSSR count). The second-order valence-corrected chi connectivity index (χ2v) is 6.08. The standard InChI is InChI=1S/C14H13BrN2O4/c1-14(2)20-11-4-7(8(15)5-12(11)21-14)10-6-9(13(18)19)16-17(10)3/h4-6H,1-3H3,(H,18,19). The highest BCUT2D eigenvalue weighted by molar-refractivity contribution is 9.10. The second kappa shape index (κ2) is 4.49. The summed E-state index contributed by atoms with van der Waals surface area (Å²) in [6.45, 7) is 3.65. The van der Waals surface area contributed by atoms with E-state index in [1.54, 1.807) is 7.05 Å². The van der Waals surface area contributed by atoms with Gasteiger partial charge in [-0.3, -0.25) is 4.68 Å². The first-order chi connectivity index (χ1) is 9.77. The number of aryl methyl sites for hydroxylation is 1. The number of aromatic carboxylic acids is 1. The van der Waals surface area contributed by atoms with Gasteiger partial charge in [0.15, 0.2) is 17.2 Å². The Balaban J connectivity index is 2.11. The fourth-order valence-electron chi connectivity index (χ4n) is 2.27. The minimum Gasteiger partial charge on any atom is -0.476 e. The Morgan fingerprint density at radius 2 is 1.90 bits per heavy atom. The highest BCUT2D eigenvalue weighted by Gasteiger charge is 2.32. The van der Waals surface area contributed by atoms with Gasteiger partial charge in [0, 0.05) is 30.9 Å². The summed E-state index contributed by atoms with van der Waals surface area (Å²) in [5.41, 5.74) is 1.46. The Morgan fingerprint density at radius 3 is 2.48 bits per heavy atom. The Bertz CT molecular complexity index is 752. The Labute approximate surface area is 129 Å². The number of carboxylic acid groups (broad SMARTS) is 1. The third-order valence-corrected chi connectivity index (χ3v) is 3.78. The molecule has 2 heterocycles. The lowest BCUT2D eigenvalue weighted by atomic mass is 10.1. The van der Waals surface area contributed by atoms with Crippen LogP contribution in [-0.4, -0.2) is 26.6 Å². The van der Waals surface area contributed by atoms with Gasteiger partial charge < -0.3 is 14.6 Å². The van der Waals surface area contributed by atoms with Gasteiger partial charge in [-0.1, -0.05) is 0 Å². The molecule has 110 valence electrons. The number of fused-ring (bicyclic) bond motifs is 1. The molecule has 1 aromatic carbocycles. The lowest BCUT2D eigenvalue weighted by Crippen LogP contribution is -2.29. The van der Waals surface area contributed by atoms with Crippen LogP contribution in [-0.2, 0) is 7.05 Å². The molecule has 1 N–H and O–H groups in total. The number of aromatic nitrogens is 2. The predicted octanol–water partition coefficient (Wildman–Crippen LogP) is 3.06. The monoisotopic (exact) mass is 352 g/mol. The fourth-order valence-corrected chi connectivity index (χ4v) is 2.79. The highest BCUT2D eigenvalue weighted by Crippen LogP contribution is 2.45. The molecule has 0 amide bonds. The van der Waals surface area contributed by atoms with Crippen LogP contribution in [0.4, 0.5) is 0 Å². The Hall–Kier alpha value is -2.02. The molecular formula is C14H13BrN2O4. The molecule has 21 heavy (non-hydrogen) atoms. The molecule has 0 bridgehead atoms. The zero-order chi connectivity index (χ0) is 15.4. The maximum atomic E-state index is 11.0. The molecule has 6 nitrogen and oxygen atoms in total. The van der Waals surface area contributed by atoms with Crippen molar-refractivity contribution < 1.29 is 19.4 Å². The molecular weight excluding hydrogens is 340 g/mol. The van der Waals surface area contributed by atoms with E-state index in [4.69, 9.17) is 14.6 Å². The van der Waals surface area contributed by atoms with E-state index in [2.05, 4.69) is 21.0 Å². The lowest BCUT2D eigenvalue weighted by molar-refractivity contribution is -0.0431. The number of nitrogens with zero attached hydrogens (tertiary/aromatic N) is 2. The van der Waals surface area contributed by atoms with Crippen LogP contribution in [0.3, 0.4) is 0 Å². The number of carboxylic acids is 1. The first kappa shape index (κ1) is 13.9. The van der Waals surface area contributed by atoms with Gasteiger partial charge in [-0.25, -0.2) is 4.79 Å². The minimum atomic E-state index is -1.06. The largest absolute Gasteiger partial charge is 0.476 e. The van der Waals surface area contributed by atoms with Crippen molar-refractivity contribution in [2.24, 2.45) is 7.05 Å². The summed E-state index contributed by atoms with van der Waals surface area (Å²) in [5.74, 6) is -0.499. The van der Waals surface area contributed by atoms with Crippen molar-refractivity contribution >= 4 is 21.9 Å². The normalized spacial score (nSPS) is 15.2. The summed E-state index contributed by atoms with van der Waals surface area (Å²) in [6.07, 6.45) is 0. The van der Waals surface area contributed by atoms with E-state index < -0.39 is 11.8 Å². The number of hydrogen-bond donors (Lipinski definition) is 1. The summed E-state index contributed by atoms with van der Waals surface area (Å²) in [6, 6.07) is 5.15. The molecule has 1 aliphatic rings. The van der Waals surface area contributed by atoms with Gasteiger partial charge in [0.1, 0.15) is 0 Å². The summed E-state index contributed by atoms with van der Waals surface area (Å²) >= 11 is 3.48. The number of halogens is 1. The first-order valence-corrected chi connectivity index (χ1v) is 7.05. The average molecular weight is 353 g/mol. The zero-order valence-electron chi connectivity index (χ0n) is 11.7. The smallest absolute Gasteiger partial charge is 0.356 e. The maximum absolute atomic E-state index is 11.0. The quantitative estimate of drug-likeness (QED) is 0.898. The third-order valence-electron chi connectivity index (χ3n) is 3.12. The van der Waals surface area contributed by atoms with Crippen LogP contribution in [0.1, 0.15) is 24.3 Å². The predicted molar refractivity (Wildman–Crippen MR) is 78.6 cm³/mol. The average Bonchev–Trinajstić information content (AvgIpc) is 2.87. The van der Waals surface area contributed by atoms with Crippen LogP contribution >= 0.6 is 15.9 Å². The van der Waals surface area contributed by atoms with Gasteiger partial charge >= 0.3 is 5.97 Å². The molecule has 0 atom stereocenters. The van der Waals surface area contributed by atoms with Crippen LogP contribution in [0.25, 0.3) is 11.3 Å². The fraction of sp³-hybridized carbons (Fsp3) is 0.286. The molecule has 1 aromatic heterocycles. The van der Waals surface area contributed by atoms with Gasteiger partial charge in [-0.05, 0) is 34.1 Å². The van der Waals surface area contributed by atoms with Crippen molar-refractivity contribution in [2.75, 3.05) is 0 Å². The lowest BCUT2D eigenvalue weighted by Gasteiger charge is -2.16. The molecule has 0 unspecified atom stereocenters. The van der Waals surface area contributed by atoms with Crippen LogP contribution in [0.15, 0.2) is 22.7 Å².